The highest BCUT2D eigenvalue weighted by molar-refractivity contribution is 7.14. The number of carbonyl (C=O) groups excluding carboxylic acids is 1. The third kappa shape index (κ3) is 3.26. The molecule has 4 rings (SSSR count). The quantitative estimate of drug-likeness (QED) is 0.541. The summed E-state index contributed by atoms with van der Waals surface area (Å²) in [5.74, 6) is 0.108. The van der Waals surface area contributed by atoms with Crippen LogP contribution in [0.15, 0.2) is 60.2 Å². The lowest BCUT2D eigenvalue weighted by atomic mass is 10.2. The number of pyridine rings is 1. The van der Waals surface area contributed by atoms with E-state index in [9.17, 15) is 4.79 Å². The summed E-state index contributed by atoms with van der Waals surface area (Å²) in [6.07, 6.45) is 3.77. The fourth-order valence-electron chi connectivity index (χ4n) is 2.47. The average Bonchev–Trinajstić information content (AvgIpc) is 3.28. The molecule has 0 atom stereocenters. The Balaban J connectivity index is 1.61. The van der Waals surface area contributed by atoms with Crippen molar-refractivity contribution < 1.29 is 4.79 Å². The highest BCUT2D eigenvalue weighted by Gasteiger charge is 2.11. The van der Waals surface area contributed by atoms with Gasteiger partial charge in [0.25, 0.3) is 5.91 Å². The van der Waals surface area contributed by atoms with E-state index in [1.54, 1.807) is 12.1 Å². The first-order valence-corrected chi connectivity index (χ1v) is 9.00. The normalized spacial score (nSPS) is 10.9. The van der Waals surface area contributed by atoms with Gasteiger partial charge in [-0.3, -0.25) is 10.1 Å². The molecule has 1 N–H and O–H groups in total. The predicted molar refractivity (Wildman–Crippen MR) is 100 cm³/mol. The van der Waals surface area contributed by atoms with Crippen molar-refractivity contribution in [1.82, 2.24) is 14.4 Å². The molecular formula is C18H13ClN4OS. The summed E-state index contributed by atoms with van der Waals surface area (Å²) in [4.78, 5) is 21.3. The van der Waals surface area contributed by atoms with Gasteiger partial charge in [0.15, 0.2) is 5.13 Å². The summed E-state index contributed by atoms with van der Waals surface area (Å²) < 4.78 is 1.90. The van der Waals surface area contributed by atoms with Gasteiger partial charge in [0, 0.05) is 28.9 Å². The molecule has 7 heteroatoms. The number of halogens is 1. The third-order valence-electron chi connectivity index (χ3n) is 3.70. The van der Waals surface area contributed by atoms with Crippen LogP contribution in [-0.2, 0) is 5.88 Å². The van der Waals surface area contributed by atoms with E-state index in [-0.39, 0.29) is 5.91 Å². The van der Waals surface area contributed by atoms with Gasteiger partial charge in [-0.1, -0.05) is 30.3 Å². The first kappa shape index (κ1) is 15.8. The molecule has 1 amide bonds. The van der Waals surface area contributed by atoms with Crippen molar-refractivity contribution in [1.29, 1.82) is 0 Å². The monoisotopic (exact) mass is 368 g/mol. The molecule has 1 aromatic carbocycles. The molecule has 0 bridgehead atoms. The van der Waals surface area contributed by atoms with Gasteiger partial charge in [-0.05, 0) is 12.1 Å². The van der Waals surface area contributed by atoms with E-state index >= 15 is 0 Å². The van der Waals surface area contributed by atoms with E-state index < -0.39 is 0 Å². The molecule has 0 saturated carbocycles. The van der Waals surface area contributed by atoms with E-state index in [0.717, 1.165) is 17.0 Å². The minimum Gasteiger partial charge on any atom is -0.306 e. The molecule has 0 radical (unpaired) electrons. The number of alkyl halides is 1. The second-order valence-corrected chi connectivity index (χ2v) is 6.53. The van der Waals surface area contributed by atoms with E-state index in [2.05, 4.69) is 15.3 Å². The smallest absolute Gasteiger partial charge is 0.257 e. The van der Waals surface area contributed by atoms with Crippen LogP contribution < -0.4 is 5.32 Å². The van der Waals surface area contributed by atoms with E-state index in [1.807, 2.05) is 52.5 Å². The number of thiazole rings is 1. The average molecular weight is 369 g/mol. The summed E-state index contributed by atoms with van der Waals surface area (Å²) in [5, 5.41) is 5.15. The minimum atomic E-state index is -0.220. The Labute approximate surface area is 152 Å². The number of imidazole rings is 1. The number of benzene rings is 1. The van der Waals surface area contributed by atoms with Crippen molar-refractivity contribution in [3.63, 3.8) is 0 Å². The molecule has 5 nitrogen and oxygen atoms in total. The summed E-state index contributed by atoms with van der Waals surface area (Å²) in [7, 11) is 0. The Hall–Kier alpha value is -2.70. The highest BCUT2D eigenvalue weighted by atomic mass is 35.5. The minimum absolute atomic E-state index is 0.220. The molecule has 0 unspecified atom stereocenters. The lowest BCUT2D eigenvalue weighted by Gasteiger charge is -2.02. The topological polar surface area (TPSA) is 59.3 Å². The van der Waals surface area contributed by atoms with Gasteiger partial charge in [0.2, 0.25) is 0 Å². The van der Waals surface area contributed by atoms with Crippen molar-refractivity contribution in [3.05, 3.63) is 71.5 Å². The maximum atomic E-state index is 12.4. The number of rotatable bonds is 4. The zero-order valence-corrected chi connectivity index (χ0v) is 14.6. The van der Waals surface area contributed by atoms with Crippen LogP contribution in [0.5, 0.6) is 0 Å². The lowest BCUT2D eigenvalue weighted by molar-refractivity contribution is 0.102. The van der Waals surface area contributed by atoms with Crippen molar-refractivity contribution in [2.75, 3.05) is 5.32 Å². The molecule has 0 aliphatic rings. The van der Waals surface area contributed by atoms with Crippen LogP contribution in [0.3, 0.4) is 0 Å². The van der Waals surface area contributed by atoms with Gasteiger partial charge < -0.3 is 4.40 Å². The van der Waals surface area contributed by atoms with Crippen molar-refractivity contribution in [2.45, 2.75) is 5.88 Å². The number of nitrogens with zero attached hydrogens (tertiary/aromatic N) is 3. The van der Waals surface area contributed by atoms with E-state index in [1.165, 1.54) is 11.3 Å². The number of hydrogen-bond acceptors (Lipinski definition) is 4. The van der Waals surface area contributed by atoms with Crippen molar-refractivity contribution in [2.24, 2.45) is 0 Å². The largest absolute Gasteiger partial charge is 0.306 e. The molecule has 0 fully saturated rings. The maximum absolute atomic E-state index is 12.4. The van der Waals surface area contributed by atoms with Crippen molar-refractivity contribution >= 4 is 39.6 Å². The second kappa shape index (κ2) is 6.66. The Morgan fingerprint density at radius 3 is 2.80 bits per heavy atom. The molecule has 25 heavy (non-hydrogen) atoms. The van der Waals surface area contributed by atoms with Gasteiger partial charge >= 0.3 is 0 Å². The Kier molecular flexibility index (Phi) is 4.21. The molecule has 0 spiro atoms. The third-order valence-corrected chi connectivity index (χ3v) is 4.78. The zero-order valence-electron chi connectivity index (χ0n) is 13.0. The van der Waals surface area contributed by atoms with Crippen LogP contribution in [0.4, 0.5) is 5.13 Å². The summed E-state index contributed by atoms with van der Waals surface area (Å²) >= 11 is 7.09. The number of aromatic nitrogens is 3. The fraction of sp³-hybridized carbons (Fsp3) is 0.0556. The Morgan fingerprint density at radius 1 is 1.20 bits per heavy atom. The number of anilines is 1. The first-order chi connectivity index (χ1) is 12.2. The number of hydrogen-bond donors (Lipinski definition) is 1. The molecule has 124 valence electrons. The molecular weight excluding hydrogens is 356 g/mol. The fourth-order valence-corrected chi connectivity index (χ4v) is 3.40. The van der Waals surface area contributed by atoms with Crippen LogP contribution in [0.2, 0.25) is 0 Å². The molecule has 3 heterocycles. The summed E-state index contributed by atoms with van der Waals surface area (Å²) in [5.41, 5.74) is 3.89. The van der Waals surface area contributed by atoms with E-state index in [4.69, 9.17) is 11.6 Å². The SMILES string of the molecule is O=C(Nc1nc(CCl)cs1)c1ccn2cc(-c3ccccc3)nc2c1. The number of amides is 1. The van der Waals surface area contributed by atoms with Gasteiger partial charge in [-0.15, -0.1) is 22.9 Å². The van der Waals surface area contributed by atoms with Crippen LogP contribution in [0.25, 0.3) is 16.9 Å². The van der Waals surface area contributed by atoms with Crippen molar-refractivity contribution in [3.8, 4) is 11.3 Å². The summed E-state index contributed by atoms with van der Waals surface area (Å²) in [6, 6.07) is 13.4. The highest BCUT2D eigenvalue weighted by Crippen LogP contribution is 2.21. The number of nitrogens with one attached hydrogen (secondary N) is 1. The number of fused-ring (bicyclic) bond motifs is 1. The molecule has 4 aromatic rings. The summed E-state index contributed by atoms with van der Waals surface area (Å²) in [6.45, 7) is 0. The Bertz CT molecular complexity index is 1040. The first-order valence-electron chi connectivity index (χ1n) is 7.59. The van der Waals surface area contributed by atoms with E-state index in [0.29, 0.717) is 22.2 Å². The molecule has 0 saturated heterocycles. The van der Waals surface area contributed by atoms with Crippen LogP contribution in [0, 0.1) is 0 Å². The van der Waals surface area contributed by atoms with Crippen LogP contribution in [0.1, 0.15) is 16.1 Å². The zero-order chi connectivity index (χ0) is 17.2. The lowest BCUT2D eigenvalue weighted by Crippen LogP contribution is -2.12. The van der Waals surface area contributed by atoms with Crippen LogP contribution in [-0.4, -0.2) is 20.3 Å². The molecule has 0 aliphatic heterocycles. The molecule has 3 aromatic heterocycles. The maximum Gasteiger partial charge on any atom is 0.257 e. The van der Waals surface area contributed by atoms with Gasteiger partial charge in [-0.25, -0.2) is 9.97 Å². The van der Waals surface area contributed by atoms with Gasteiger partial charge in [-0.2, -0.15) is 0 Å². The predicted octanol–water partition coefficient (Wildman–Crippen LogP) is 4.45. The standard InChI is InChI=1S/C18H13ClN4OS/c19-9-14-11-25-18(20-14)22-17(24)13-6-7-23-10-15(21-16(23)8-13)12-4-2-1-3-5-12/h1-8,10-11H,9H2,(H,20,22,24). The van der Waals surface area contributed by atoms with Gasteiger partial charge in [0.05, 0.1) is 17.3 Å². The number of carbonyl (C=O) groups is 1. The second-order valence-electron chi connectivity index (χ2n) is 5.40. The molecule has 0 aliphatic carbocycles. The Morgan fingerprint density at radius 2 is 2.04 bits per heavy atom. The van der Waals surface area contributed by atoms with Gasteiger partial charge in [0.1, 0.15) is 5.65 Å². The van der Waals surface area contributed by atoms with Crippen LogP contribution >= 0.6 is 22.9 Å².